The van der Waals surface area contributed by atoms with Crippen LogP contribution in [0.5, 0.6) is 5.75 Å². The predicted octanol–water partition coefficient (Wildman–Crippen LogP) is 2.77. The zero-order valence-corrected chi connectivity index (χ0v) is 49.7. The van der Waals surface area contributed by atoms with Crippen LogP contribution in [0.1, 0.15) is 88.0 Å². The lowest BCUT2D eigenvalue weighted by Crippen LogP contribution is -2.60. The average molecular weight is 1210 g/mol. The van der Waals surface area contributed by atoms with Crippen LogP contribution in [-0.4, -0.2) is 158 Å². The van der Waals surface area contributed by atoms with Crippen molar-refractivity contribution in [2.75, 3.05) is 26.2 Å². The molecule has 0 aliphatic carbocycles. The fourth-order valence-corrected chi connectivity index (χ4v) is 11.6. The van der Waals surface area contributed by atoms with Crippen molar-refractivity contribution in [3.05, 3.63) is 138 Å². The third-order valence-corrected chi connectivity index (χ3v) is 16.0. The van der Waals surface area contributed by atoms with E-state index in [1.54, 1.807) is 43.6 Å². The molecular weight excluding hydrogens is 1130 g/mol. The third kappa shape index (κ3) is 17.2. The van der Waals surface area contributed by atoms with Crippen LogP contribution in [0.25, 0.3) is 21.8 Å². The molecule has 4 heterocycles. The van der Waals surface area contributed by atoms with Crippen LogP contribution >= 0.6 is 0 Å². The number of nitrogens with one attached hydrogen (secondary N) is 8. The van der Waals surface area contributed by atoms with E-state index in [-0.39, 0.29) is 101 Å². The maximum absolute atomic E-state index is 15.1. The molecule has 2 fully saturated rings. The molecule has 23 nitrogen and oxygen atoms in total. The largest absolute Gasteiger partial charge is 0.508 e. The Morgan fingerprint density at radius 1 is 0.670 bits per heavy atom. The standard InChI is InChI=1S/C64H80FN13O10/c1-4-68-60(85)54-16-10-28-77(54)62(87)49(15-9-27-69-64(66)67)73-57(82)50(29-37(2)3)74-59(84)52(31-40-34-70-47-13-7-5-11-45(40)47)75-58(83)51(30-39-19-24-43(79)25-20-39)76-61(86)55-33-44(80)36-78(55)63(88)53(32-41-35-71-48-14-8-6-12-46(41)48)72-56(81)26-21-38-17-22-42(65)23-18-38/h5-8,11-14,17-20,22-25,34-35,37,44,49-55,70-71,79-80H,4,9-10,15-16,21,26-33,36H2,1-3H3,(H,68,85)(H,72,81)(H,73,82)(H,74,84)(H,75,83)(H,76,86)(H4,66,67,69)/t44?,49-,50-,51-,52+,53-,54+,55-/m0/s1. The lowest BCUT2D eigenvalue weighted by Gasteiger charge is -2.31. The number of para-hydroxylation sites is 2. The van der Waals surface area contributed by atoms with E-state index in [4.69, 9.17) is 11.5 Å². The number of guanidine groups is 1. The number of phenolic OH excluding ortho intramolecular Hbond substituents is 1. The molecule has 468 valence electrons. The number of aryl methyl sites for hydroxylation is 1. The number of aromatic amines is 2. The van der Waals surface area contributed by atoms with E-state index in [0.29, 0.717) is 41.6 Å². The second-order valence-electron chi connectivity index (χ2n) is 23.0. The van der Waals surface area contributed by atoms with Crippen LogP contribution in [0.3, 0.4) is 0 Å². The van der Waals surface area contributed by atoms with Gasteiger partial charge in [0.1, 0.15) is 53.9 Å². The normalized spacial score (nSPS) is 17.4. The number of likely N-dealkylation sites (tertiary alicyclic amines) is 2. The Bertz CT molecular complexity index is 3460. The maximum Gasteiger partial charge on any atom is 0.246 e. The summed E-state index contributed by atoms with van der Waals surface area (Å²) >= 11 is 0. The topological polar surface area (TPSA) is 352 Å². The molecule has 8 amide bonds. The number of H-pyrrole nitrogens is 2. The summed E-state index contributed by atoms with van der Waals surface area (Å²) in [6, 6.07) is 17.8. The number of nitrogens with two attached hydrogens (primary N) is 2. The number of rotatable bonds is 28. The Balaban J connectivity index is 1.06. The van der Waals surface area contributed by atoms with Crippen molar-refractivity contribution in [2.45, 2.75) is 140 Å². The second kappa shape index (κ2) is 30.3. The van der Waals surface area contributed by atoms with E-state index in [0.717, 1.165) is 21.8 Å². The van der Waals surface area contributed by atoms with Gasteiger partial charge in [0.05, 0.1) is 6.10 Å². The van der Waals surface area contributed by atoms with Gasteiger partial charge >= 0.3 is 0 Å². The van der Waals surface area contributed by atoms with Crippen LogP contribution in [0.4, 0.5) is 4.39 Å². The highest BCUT2D eigenvalue weighted by atomic mass is 19.1. The average Bonchev–Trinajstić information content (AvgIpc) is 2.20. The van der Waals surface area contributed by atoms with Gasteiger partial charge in [-0.25, -0.2) is 4.39 Å². The van der Waals surface area contributed by atoms with E-state index in [1.165, 1.54) is 34.1 Å². The fraction of sp³-hybridized carbons (Fsp3) is 0.422. The van der Waals surface area contributed by atoms with Crippen LogP contribution < -0.4 is 43.4 Å². The van der Waals surface area contributed by atoms with Crippen molar-refractivity contribution in [3.63, 3.8) is 0 Å². The number of halogens is 1. The Kier molecular flexibility index (Phi) is 22.3. The maximum atomic E-state index is 15.1. The smallest absolute Gasteiger partial charge is 0.246 e. The number of aliphatic hydroxyl groups is 1. The van der Waals surface area contributed by atoms with Gasteiger partial charge in [-0.3, -0.25) is 43.3 Å². The van der Waals surface area contributed by atoms with Gasteiger partial charge in [0.2, 0.25) is 47.3 Å². The van der Waals surface area contributed by atoms with Crippen LogP contribution in [0.15, 0.2) is 114 Å². The summed E-state index contributed by atoms with van der Waals surface area (Å²) in [7, 11) is 0. The number of benzene rings is 4. The first-order valence-corrected chi connectivity index (χ1v) is 30.0. The molecule has 2 aliphatic rings. The number of phenols is 1. The number of hydrogen-bond donors (Lipinski definition) is 12. The molecule has 2 saturated heterocycles. The number of carbonyl (C=O) groups is 8. The molecule has 2 aliphatic heterocycles. The molecule has 2 aromatic heterocycles. The molecule has 24 heteroatoms. The van der Waals surface area contributed by atoms with Gasteiger partial charge in [-0.05, 0) is 110 Å². The van der Waals surface area contributed by atoms with E-state index in [9.17, 15) is 43.4 Å². The number of amides is 8. The number of aliphatic imine (C=N–C) groups is 1. The number of hydrogen-bond acceptors (Lipinski definition) is 11. The number of aromatic nitrogens is 2. The van der Waals surface area contributed by atoms with Crippen LogP contribution in [0, 0.1) is 11.7 Å². The van der Waals surface area contributed by atoms with E-state index >= 15 is 9.59 Å². The highest BCUT2D eigenvalue weighted by Gasteiger charge is 2.44. The van der Waals surface area contributed by atoms with Gasteiger partial charge in [-0.2, -0.15) is 0 Å². The van der Waals surface area contributed by atoms with Gasteiger partial charge in [0, 0.05) is 92.5 Å². The van der Waals surface area contributed by atoms with Crippen molar-refractivity contribution in [3.8, 4) is 5.75 Å². The minimum Gasteiger partial charge on any atom is -0.508 e. The number of likely N-dealkylation sites (N-methyl/N-ethyl adjacent to an activating group) is 1. The lowest BCUT2D eigenvalue weighted by molar-refractivity contribution is -0.142. The van der Waals surface area contributed by atoms with Crippen molar-refractivity contribution in [2.24, 2.45) is 22.4 Å². The quantitative estimate of drug-likeness (QED) is 0.0192. The molecule has 8 atom stereocenters. The zero-order chi connectivity index (χ0) is 63.0. The van der Waals surface area contributed by atoms with Crippen molar-refractivity contribution < 1.29 is 53.0 Å². The molecule has 8 rings (SSSR count). The first-order valence-electron chi connectivity index (χ1n) is 30.0. The molecule has 0 bridgehead atoms. The fourth-order valence-electron chi connectivity index (χ4n) is 11.6. The number of aliphatic hydroxyl groups excluding tert-OH is 1. The van der Waals surface area contributed by atoms with Crippen molar-refractivity contribution in [1.29, 1.82) is 0 Å². The molecule has 0 saturated carbocycles. The van der Waals surface area contributed by atoms with Gasteiger partial charge in [-0.15, -0.1) is 0 Å². The first-order chi connectivity index (χ1) is 42.2. The molecule has 14 N–H and O–H groups in total. The zero-order valence-electron chi connectivity index (χ0n) is 49.7. The minimum absolute atomic E-state index is 0.00481. The summed E-state index contributed by atoms with van der Waals surface area (Å²) in [6.45, 7) is 5.97. The summed E-state index contributed by atoms with van der Waals surface area (Å²) in [4.78, 5) is 129. The third-order valence-electron chi connectivity index (χ3n) is 16.0. The van der Waals surface area contributed by atoms with Crippen LogP contribution in [-0.2, 0) is 64.0 Å². The Morgan fingerprint density at radius 3 is 1.86 bits per heavy atom. The molecular formula is C64H80FN13O10. The minimum atomic E-state index is -1.47. The molecule has 6 aromatic rings. The van der Waals surface area contributed by atoms with Gasteiger partial charge in [-0.1, -0.05) is 74.5 Å². The highest BCUT2D eigenvalue weighted by molar-refractivity contribution is 5.99. The van der Waals surface area contributed by atoms with Gasteiger partial charge in [0.15, 0.2) is 5.96 Å². The second-order valence-corrected chi connectivity index (χ2v) is 23.0. The monoisotopic (exact) mass is 1210 g/mol. The van der Waals surface area contributed by atoms with E-state index in [2.05, 4.69) is 46.9 Å². The van der Waals surface area contributed by atoms with Crippen LogP contribution in [0.2, 0.25) is 0 Å². The summed E-state index contributed by atoms with van der Waals surface area (Å²) in [5, 5.41) is 40.1. The van der Waals surface area contributed by atoms with Crippen molar-refractivity contribution in [1.82, 2.24) is 51.7 Å². The number of aromatic hydroxyl groups is 1. The molecule has 4 aromatic carbocycles. The summed E-state index contributed by atoms with van der Waals surface area (Å²) in [5.41, 5.74) is 15.2. The summed E-state index contributed by atoms with van der Waals surface area (Å²) < 4.78 is 13.7. The summed E-state index contributed by atoms with van der Waals surface area (Å²) in [5.74, 6) is -5.93. The van der Waals surface area contributed by atoms with Gasteiger partial charge < -0.3 is 73.3 Å². The SMILES string of the molecule is CCNC(=O)[C@H]1CCCN1C(=O)[C@H](CCCN=C(N)N)NC(=O)[C@H](CC(C)C)NC(=O)[C@@H](Cc1c[nH]c2ccccc12)NC(=O)[C@H](Cc1ccc(O)cc1)NC(=O)[C@@H]1CC(O)CN1C(=O)[C@H](Cc1c[nH]c2ccccc12)NC(=O)CCc1ccc(F)cc1. The Labute approximate surface area is 509 Å². The van der Waals surface area contributed by atoms with E-state index < -0.39 is 95.6 Å². The van der Waals surface area contributed by atoms with Gasteiger partial charge in [0.25, 0.3) is 0 Å². The number of nitrogens with zero attached hydrogens (tertiary/aromatic N) is 3. The molecule has 0 spiro atoms. The number of β-amino-alcohol motifs (C(OH)–C–C–N with tert-alkyl or cyclic N) is 1. The molecule has 0 radical (unpaired) electrons. The predicted molar refractivity (Wildman–Crippen MR) is 329 cm³/mol. The van der Waals surface area contributed by atoms with Crippen molar-refractivity contribution >= 4 is 75.0 Å². The number of carbonyl (C=O) groups excluding carboxylic acids is 8. The highest BCUT2D eigenvalue weighted by Crippen LogP contribution is 2.26. The Hall–Kier alpha value is -9.32. The summed E-state index contributed by atoms with van der Waals surface area (Å²) in [6.07, 6.45) is 3.34. The van der Waals surface area contributed by atoms with E-state index in [1.807, 2.05) is 62.4 Å². The molecule has 88 heavy (non-hydrogen) atoms. The lowest BCUT2D eigenvalue weighted by atomic mass is 9.99. The molecule has 1 unspecified atom stereocenters. The Morgan fingerprint density at radius 2 is 1.24 bits per heavy atom. The number of fused-ring (bicyclic) bond motifs is 2. The first kappa shape index (κ1) is 64.7.